The third-order valence-electron chi connectivity index (χ3n) is 5.46. The quantitative estimate of drug-likeness (QED) is 0.316. The molecule has 0 radical (unpaired) electrons. The van der Waals surface area contributed by atoms with Crippen LogP contribution < -0.4 is 5.32 Å². The maximum Gasteiger partial charge on any atom is 0.207 e. The molecule has 2 N–H and O–H groups in total. The van der Waals surface area contributed by atoms with Crippen molar-refractivity contribution in [3.8, 4) is 6.07 Å². The molecule has 0 fully saturated rings. The topological polar surface area (TPSA) is 94.5 Å². The lowest BCUT2D eigenvalue weighted by Gasteiger charge is -2.05. The monoisotopic (exact) mass is 485 g/mol. The Hall–Kier alpha value is -4.28. The molecule has 174 valence electrons. The number of rotatable bonds is 5. The molecule has 0 unspecified atom stereocenters. The van der Waals surface area contributed by atoms with Gasteiger partial charge in [0.05, 0.1) is 22.2 Å². The molecule has 35 heavy (non-hydrogen) atoms. The summed E-state index contributed by atoms with van der Waals surface area (Å²) in [5.74, 6) is -0.365. The summed E-state index contributed by atoms with van der Waals surface area (Å²) in [7, 11) is 0. The molecule has 8 heteroatoms. The van der Waals surface area contributed by atoms with E-state index < -0.39 is 0 Å². The number of halogens is 2. The second kappa shape index (κ2) is 10.8. The number of pyridine rings is 2. The van der Waals surface area contributed by atoms with Crippen LogP contribution in [0, 0.1) is 24.1 Å². The van der Waals surface area contributed by atoms with Gasteiger partial charge in [-0.2, -0.15) is 5.26 Å². The first-order chi connectivity index (χ1) is 17.0. The summed E-state index contributed by atoms with van der Waals surface area (Å²) in [5, 5.41) is 13.8. The molecule has 3 aromatic heterocycles. The maximum absolute atomic E-state index is 13.4. The number of fused-ring (bicyclic) bond motifs is 2. The number of hydrogen-bond donors (Lipinski definition) is 2. The minimum absolute atomic E-state index is 0.160. The highest BCUT2D eigenvalue weighted by molar-refractivity contribution is 6.35. The van der Waals surface area contributed by atoms with Gasteiger partial charge in [-0.15, -0.1) is 0 Å². The molecule has 0 saturated carbocycles. The number of carbonyl (C=O) groups excluding carboxylic acids is 1. The lowest BCUT2D eigenvalue weighted by atomic mass is 10.0. The summed E-state index contributed by atoms with van der Waals surface area (Å²) in [4.78, 5) is 21.6. The van der Waals surface area contributed by atoms with Crippen LogP contribution in [-0.4, -0.2) is 21.4 Å². The lowest BCUT2D eigenvalue weighted by molar-refractivity contribution is -0.109. The number of nitriles is 1. The fraction of sp³-hybridized carbons (Fsp3) is 0.111. The van der Waals surface area contributed by atoms with Crippen LogP contribution in [0.1, 0.15) is 27.9 Å². The molecule has 1 amide bonds. The average Bonchev–Trinajstić information content (AvgIpc) is 3.21. The molecule has 0 atom stereocenters. The standard InChI is InChI=1S/C17H13N3.C10H8ClFN2O/c1-12-4-6-19-15(8-12)9-13-2-3-17-16(10-13)14(11-18)5-7-20-17;11-8-4-14-10-2-9(12)6(1-7(8)10)3-13-5-15/h2-8,10H,9H2,1H3;1-2,4-5,14H,3H2,(H,13,15). The predicted octanol–water partition coefficient (Wildman–Crippen LogP) is 5.61. The summed E-state index contributed by atoms with van der Waals surface area (Å²) in [6.07, 6.45) is 6.39. The molecule has 6 nitrogen and oxygen atoms in total. The summed E-state index contributed by atoms with van der Waals surface area (Å²) < 4.78 is 13.4. The van der Waals surface area contributed by atoms with Crippen LogP contribution in [0.15, 0.2) is 67.1 Å². The molecule has 0 saturated heterocycles. The van der Waals surface area contributed by atoms with E-state index in [2.05, 4.69) is 39.3 Å². The number of benzene rings is 2. The van der Waals surface area contributed by atoms with Gasteiger partial charge in [-0.25, -0.2) is 4.39 Å². The number of aromatic amines is 1. The molecule has 2 aromatic carbocycles. The Bertz CT molecular complexity index is 1560. The van der Waals surface area contributed by atoms with E-state index in [0.717, 1.165) is 34.0 Å². The summed E-state index contributed by atoms with van der Waals surface area (Å²) in [6, 6.07) is 17.1. The Labute approximate surface area is 206 Å². The van der Waals surface area contributed by atoms with E-state index in [0.29, 0.717) is 28.1 Å². The molecule has 0 spiro atoms. The van der Waals surface area contributed by atoms with Gasteiger partial charge in [0.1, 0.15) is 5.82 Å². The lowest BCUT2D eigenvalue weighted by Crippen LogP contribution is -2.10. The van der Waals surface area contributed by atoms with Crippen LogP contribution in [0.5, 0.6) is 0 Å². The van der Waals surface area contributed by atoms with Gasteiger partial charge >= 0.3 is 0 Å². The number of hydrogen-bond acceptors (Lipinski definition) is 4. The summed E-state index contributed by atoms with van der Waals surface area (Å²) >= 11 is 5.89. The Morgan fingerprint density at radius 3 is 2.71 bits per heavy atom. The number of nitrogens with zero attached hydrogens (tertiary/aromatic N) is 3. The smallest absolute Gasteiger partial charge is 0.207 e. The van der Waals surface area contributed by atoms with Crippen molar-refractivity contribution in [1.29, 1.82) is 5.26 Å². The van der Waals surface area contributed by atoms with Crippen molar-refractivity contribution >= 4 is 39.8 Å². The van der Waals surface area contributed by atoms with Crippen LogP contribution in [0.4, 0.5) is 4.39 Å². The van der Waals surface area contributed by atoms with Crippen LogP contribution in [0.25, 0.3) is 21.8 Å². The normalized spacial score (nSPS) is 10.5. The first kappa shape index (κ1) is 23.9. The van der Waals surface area contributed by atoms with Crippen LogP contribution in [-0.2, 0) is 17.8 Å². The van der Waals surface area contributed by atoms with E-state index in [1.165, 1.54) is 11.6 Å². The summed E-state index contributed by atoms with van der Waals surface area (Å²) in [5.41, 5.74) is 5.95. The van der Waals surface area contributed by atoms with Gasteiger partial charge in [-0.05, 0) is 60.5 Å². The Morgan fingerprint density at radius 2 is 1.94 bits per heavy atom. The molecular weight excluding hydrogens is 465 g/mol. The first-order valence-electron chi connectivity index (χ1n) is 10.8. The third kappa shape index (κ3) is 5.62. The molecule has 0 aliphatic carbocycles. The third-order valence-corrected chi connectivity index (χ3v) is 5.77. The zero-order chi connectivity index (χ0) is 24.8. The highest BCUT2D eigenvalue weighted by Gasteiger charge is 2.08. The van der Waals surface area contributed by atoms with Crippen molar-refractivity contribution in [1.82, 2.24) is 20.3 Å². The van der Waals surface area contributed by atoms with Crippen LogP contribution in [0.2, 0.25) is 5.02 Å². The first-order valence-corrected chi connectivity index (χ1v) is 11.2. The van der Waals surface area contributed by atoms with E-state index in [1.807, 2.05) is 30.5 Å². The van der Waals surface area contributed by atoms with Crippen molar-refractivity contribution in [2.24, 2.45) is 0 Å². The minimum atomic E-state index is -0.365. The van der Waals surface area contributed by atoms with Gasteiger partial charge in [0.2, 0.25) is 6.41 Å². The zero-order valence-electron chi connectivity index (χ0n) is 18.8. The van der Waals surface area contributed by atoms with Crippen molar-refractivity contribution < 1.29 is 9.18 Å². The van der Waals surface area contributed by atoms with E-state index in [9.17, 15) is 9.18 Å². The fourth-order valence-electron chi connectivity index (χ4n) is 3.75. The SMILES string of the molecule is Cc1ccnc(Cc2ccc3nccc(C#N)c3c2)c1.O=CNCc1cc2c(Cl)c[nH]c2cc1F. The summed E-state index contributed by atoms with van der Waals surface area (Å²) in [6.45, 7) is 2.22. The van der Waals surface area contributed by atoms with Gasteiger partial charge < -0.3 is 10.3 Å². The molecule has 5 aromatic rings. The number of nitrogens with one attached hydrogen (secondary N) is 2. The second-order valence-corrected chi connectivity index (χ2v) is 8.35. The minimum Gasteiger partial charge on any atom is -0.360 e. The molecule has 3 heterocycles. The molecule has 5 rings (SSSR count). The molecule has 0 aliphatic rings. The number of H-pyrrole nitrogens is 1. The van der Waals surface area contributed by atoms with Crippen molar-refractivity contribution in [2.75, 3.05) is 0 Å². The Balaban J connectivity index is 0.000000172. The highest BCUT2D eigenvalue weighted by atomic mass is 35.5. The van der Waals surface area contributed by atoms with Crippen LogP contribution in [0.3, 0.4) is 0 Å². The van der Waals surface area contributed by atoms with Crippen LogP contribution >= 0.6 is 11.6 Å². The fourth-order valence-corrected chi connectivity index (χ4v) is 3.96. The Morgan fingerprint density at radius 1 is 1.11 bits per heavy atom. The Kier molecular flexibility index (Phi) is 7.34. The molecule has 0 aliphatic heterocycles. The van der Waals surface area contributed by atoms with E-state index >= 15 is 0 Å². The second-order valence-electron chi connectivity index (χ2n) is 7.95. The molecule has 0 bridgehead atoms. The zero-order valence-corrected chi connectivity index (χ0v) is 19.6. The van der Waals surface area contributed by atoms with Gasteiger partial charge in [0.15, 0.2) is 0 Å². The average molecular weight is 486 g/mol. The van der Waals surface area contributed by atoms with E-state index in [1.54, 1.807) is 24.5 Å². The van der Waals surface area contributed by atoms with E-state index in [-0.39, 0.29) is 12.4 Å². The number of aromatic nitrogens is 3. The van der Waals surface area contributed by atoms with E-state index in [4.69, 9.17) is 16.9 Å². The number of carbonyl (C=O) groups is 1. The van der Waals surface area contributed by atoms with Gasteiger partial charge in [-0.3, -0.25) is 14.8 Å². The maximum atomic E-state index is 13.4. The largest absolute Gasteiger partial charge is 0.360 e. The van der Waals surface area contributed by atoms with Gasteiger partial charge in [-0.1, -0.05) is 17.7 Å². The van der Waals surface area contributed by atoms with Crippen molar-refractivity contribution in [3.63, 3.8) is 0 Å². The van der Waals surface area contributed by atoms with Gasteiger partial charge in [0.25, 0.3) is 0 Å². The molecular formula is C27H21ClFN5O. The number of aryl methyl sites for hydroxylation is 1. The predicted molar refractivity (Wildman–Crippen MR) is 134 cm³/mol. The van der Waals surface area contributed by atoms with Crippen molar-refractivity contribution in [3.05, 3.63) is 106 Å². The van der Waals surface area contributed by atoms with Gasteiger partial charge in [0, 0.05) is 59.1 Å². The van der Waals surface area contributed by atoms with Crippen molar-refractivity contribution in [2.45, 2.75) is 19.9 Å². The number of amides is 1. The highest BCUT2D eigenvalue weighted by Crippen LogP contribution is 2.25.